The van der Waals surface area contributed by atoms with Crippen LogP contribution in [0.1, 0.15) is 21.5 Å². The molecule has 2 rings (SSSR count). The molecule has 20 heavy (non-hydrogen) atoms. The molecule has 1 aromatic carbocycles. The number of hydrogen-bond acceptors (Lipinski definition) is 2. The molecule has 3 nitrogen and oxygen atoms in total. The minimum Gasteiger partial charge on any atom is -0.352 e. The maximum atomic E-state index is 13.3. The summed E-state index contributed by atoms with van der Waals surface area (Å²) in [4.78, 5) is 15.2. The van der Waals surface area contributed by atoms with Crippen molar-refractivity contribution in [3.63, 3.8) is 0 Å². The van der Waals surface area contributed by atoms with E-state index in [1.807, 2.05) is 0 Å². The molecule has 0 aliphatic rings. The third kappa shape index (κ3) is 3.38. The fourth-order valence-corrected chi connectivity index (χ4v) is 1.90. The minimum absolute atomic E-state index is 0.0803. The number of carbonyl (C=O) groups is 1. The Morgan fingerprint density at radius 2 is 2.10 bits per heavy atom. The largest absolute Gasteiger partial charge is 0.352 e. The Morgan fingerprint density at radius 1 is 1.30 bits per heavy atom. The molecule has 1 aromatic heterocycles. The predicted molar refractivity (Wildman–Crippen MR) is 71.4 cm³/mol. The van der Waals surface area contributed by atoms with E-state index >= 15 is 0 Å². The molecule has 0 atom stereocenters. The molecule has 104 valence electrons. The first-order valence-corrected chi connectivity index (χ1v) is 6.21. The van der Waals surface area contributed by atoms with E-state index in [9.17, 15) is 13.6 Å². The summed E-state index contributed by atoms with van der Waals surface area (Å²) in [6.07, 6.45) is 1.84. The number of nitrogens with one attached hydrogen (secondary N) is 1. The van der Waals surface area contributed by atoms with Gasteiger partial charge >= 0.3 is 0 Å². The zero-order valence-electron chi connectivity index (χ0n) is 11.0. The SMILES string of the molecule is Cc1cc(F)ccc1CCNC(=O)c1cccnc1F. The highest BCUT2D eigenvalue weighted by atomic mass is 19.1. The van der Waals surface area contributed by atoms with Crippen molar-refractivity contribution in [2.24, 2.45) is 0 Å². The third-order valence-electron chi connectivity index (χ3n) is 2.99. The van der Waals surface area contributed by atoms with Crippen LogP contribution in [-0.2, 0) is 6.42 Å². The van der Waals surface area contributed by atoms with E-state index in [4.69, 9.17) is 0 Å². The zero-order chi connectivity index (χ0) is 14.5. The molecule has 5 heteroatoms. The topological polar surface area (TPSA) is 42.0 Å². The molecule has 1 amide bonds. The summed E-state index contributed by atoms with van der Waals surface area (Å²) in [6.45, 7) is 2.15. The van der Waals surface area contributed by atoms with Gasteiger partial charge < -0.3 is 5.32 Å². The second-order valence-corrected chi connectivity index (χ2v) is 4.42. The van der Waals surface area contributed by atoms with Crippen molar-refractivity contribution in [3.8, 4) is 0 Å². The van der Waals surface area contributed by atoms with Crippen LogP contribution in [-0.4, -0.2) is 17.4 Å². The first-order valence-electron chi connectivity index (χ1n) is 6.21. The standard InChI is InChI=1S/C15H14F2N2O/c1-10-9-12(16)5-4-11(10)6-8-19-15(20)13-3-2-7-18-14(13)17/h2-5,7,9H,6,8H2,1H3,(H,19,20). The number of halogens is 2. The maximum absolute atomic E-state index is 13.3. The van der Waals surface area contributed by atoms with Crippen LogP contribution in [0, 0.1) is 18.7 Å². The monoisotopic (exact) mass is 276 g/mol. The van der Waals surface area contributed by atoms with Crippen molar-refractivity contribution in [1.82, 2.24) is 10.3 Å². The van der Waals surface area contributed by atoms with Gasteiger partial charge in [-0.3, -0.25) is 4.79 Å². The molecule has 0 unspecified atom stereocenters. The second-order valence-electron chi connectivity index (χ2n) is 4.42. The van der Waals surface area contributed by atoms with Crippen LogP contribution in [0.25, 0.3) is 0 Å². The summed E-state index contributed by atoms with van der Waals surface area (Å²) in [5.41, 5.74) is 1.69. The highest BCUT2D eigenvalue weighted by Gasteiger charge is 2.11. The van der Waals surface area contributed by atoms with Gasteiger partial charge in [0.15, 0.2) is 0 Å². The molecule has 2 aromatic rings. The smallest absolute Gasteiger partial charge is 0.255 e. The van der Waals surface area contributed by atoms with Gasteiger partial charge in [-0.05, 0) is 48.7 Å². The highest BCUT2D eigenvalue weighted by Crippen LogP contribution is 2.10. The van der Waals surface area contributed by atoms with Gasteiger partial charge in [-0.15, -0.1) is 0 Å². The summed E-state index contributed by atoms with van der Waals surface area (Å²) in [6, 6.07) is 7.38. The number of rotatable bonds is 4. The van der Waals surface area contributed by atoms with Crippen molar-refractivity contribution in [3.05, 3.63) is 65.0 Å². The molecular weight excluding hydrogens is 262 g/mol. The molecular formula is C15H14F2N2O. The minimum atomic E-state index is -0.789. The molecule has 0 fully saturated rings. The van der Waals surface area contributed by atoms with E-state index in [0.717, 1.165) is 11.1 Å². The number of pyridine rings is 1. The van der Waals surface area contributed by atoms with Crippen LogP contribution >= 0.6 is 0 Å². The van der Waals surface area contributed by atoms with Gasteiger partial charge in [-0.1, -0.05) is 6.07 Å². The molecule has 0 spiro atoms. The van der Waals surface area contributed by atoms with Crippen LogP contribution < -0.4 is 5.32 Å². The van der Waals surface area contributed by atoms with Gasteiger partial charge in [0.25, 0.3) is 5.91 Å². The Morgan fingerprint density at radius 3 is 2.80 bits per heavy atom. The fourth-order valence-electron chi connectivity index (χ4n) is 1.90. The van der Waals surface area contributed by atoms with E-state index < -0.39 is 11.9 Å². The van der Waals surface area contributed by atoms with Gasteiger partial charge in [0.2, 0.25) is 5.95 Å². The lowest BCUT2D eigenvalue weighted by atomic mass is 10.1. The lowest BCUT2D eigenvalue weighted by molar-refractivity contribution is 0.0949. The Kier molecular flexibility index (Phi) is 4.40. The Hall–Kier alpha value is -2.30. The summed E-state index contributed by atoms with van der Waals surface area (Å²) in [7, 11) is 0. The van der Waals surface area contributed by atoms with E-state index in [-0.39, 0.29) is 11.4 Å². The van der Waals surface area contributed by atoms with Gasteiger partial charge in [-0.25, -0.2) is 9.37 Å². The lowest BCUT2D eigenvalue weighted by Crippen LogP contribution is -2.27. The van der Waals surface area contributed by atoms with Crippen molar-refractivity contribution in [2.75, 3.05) is 6.54 Å². The van der Waals surface area contributed by atoms with Gasteiger partial charge in [0.1, 0.15) is 5.82 Å². The number of hydrogen-bond donors (Lipinski definition) is 1. The number of carbonyl (C=O) groups excluding carboxylic acids is 1. The van der Waals surface area contributed by atoms with Gasteiger partial charge in [0, 0.05) is 12.7 Å². The Bertz CT molecular complexity index is 629. The zero-order valence-corrected chi connectivity index (χ0v) is 11.0. The number of benzene rings is 1. The number of aromatic nitrogens is 1. The first-order chi connectivity index (χ1) is 9.58. The predicted octanol–water partition coefficient (Wildman–Crippen LogP) is 2.64. The molecule has 0 aliphatic heterocycles. The van der Waals surface area contributed by atoms with Crippen LogP contribution in [0.4, 0.5) is 8.78 Å². The van der Waals surface area contributed by atoms with Crippen molar-refractivity contribution in [2.45, 2.75) is 13.3 Å². The molecule has 1 heterocycles. The first kappa shape index (κ1) is 14.1. The fraction of sp³-hybridized carbons (Fsp3) is 0.200. The average Bonchev–Trinajstić information content (AvgIpc) is 2.41. The summed E-state index contributed by atoms with van der Waals surface area (Å²) >= 11 is 0. The second kappa shape index (κ2) is 6.23. The Balaban J connectivity index is 1.93. The van der Waals surface area contributed by atoms with Crippen LogP contribution in [0.5, 0.6) is 0 Å². The van der Waals surface area contributed by atoms with Crippen LogP contribution in [0.2, 0.25) is 0 Å². The van der Waals surface area contributed by atoms with E-state index in [1.54, 1.807) is 13.0 Å². The maximum Gasteiger partial charge on any atom is 0.255 e. The van der Waals surface area contributed by atoms with Crippen molar-refractivity contribution < 1.29 is 13.6 Å². The van der Waals surface area contributed by atoms with Crippen LogP contribution in [0.3, 0.4) is 0 Å². The molecule has 0 saturated heterocycles. The number of aryl methyl sites for hydroxylation is 1. The molecule has 0 bridgehead atoms. The summed E-state index contributed by atoms with van der Waals surface area (Å²) < 4.78 is 26.2. The highest BCUT2D eigenvalue weighted by molar-refractivity contribution is 5.94. The third-order valence-corrected chi connectivity index (χ3v) is 2.99. The molecule has 1 N–H and O–H groups in total. The summed E-state index contributed by atoms with van der Waals surface area (Å²) in [5.74, 6) is -1.58. The van der Waals surface area contributed by atoms with Gasteiger partial charge in [0.05, 0.1) is 5.56 Å². The number of nitrogens with zero attached hydrogens (tertiary/aromatic N) is 1. The molecule has 0 radical (unpaired) electrons. The number of amides is 1. The van der Waals surface area contributed by atoms with E-state index in [0.29, 0.717) is 13.0 Å². The van der Waals surface area contributed by atoms with Crippen molar-refractivity contribution in [1.29, 1.82) is 0 Å². The normalized spacial score (nSPS) is 10.3. The van der Waals surface area contributed by atoms with E-state index in [1.165, 1.54) is 30.5 Å². The van der Waals surface area contributed by atoms with Gasteiger partial charge in [-0.2, -0.15) is 4.39 Å². The van der Waals surface area contributed by atoms with Crippen molar-refractivity contribution >= 4 is 5.91 Å². The van der Waals surface area contributed by atoms with E-state index in [2.05, 4.69) is 10.3 Å². The molecule has 0 aliphatic carbocycles. The quantitative estimate of drug-likeness (QED) is 0.872. The molecule has 0 saturated carbocycles. The van der Waals surface area contributed by atoms with Crippen LogP contribution in [0.15, 0.2) is 36.5 Å². The Labute approximate surface area is 115 Å². The lowest BCUT2D eigenvalue weighted by Gasteiger charge is -2.08. The average molecular weight is 276 g/mol. The summed E-state index contributed by atoms with van der Waals surface area (Å²) in [5, 5.41) is 2.62.